The van der Waals surface area contributed by atoms with E-state index in [-0.39, 0.29) is 0 Å². The largest absolute Gasteiger partial charge is 0.264 e. The van der Waals surface area contributed by atoms with Crippen molar-refractivity contribution in [2.24, 2.45) is 0 Å². The van der Waals surface area contributed by atoms with E-state index in [0.29, 0.717) is 0 Å². The fraction of sp³-hybridized carbons (Fsp3) is 0.158. The van der Waals surface area contributed by atoms with Gasteiger partial charge in [-0.25, -0.2) is 0 Å². The summed E-state index contributed by atoms with van der Waals surface area (Å²) in [7, 11) is 0. The molecule has 0 amide bonds. The van der Waals surface area contributed by atoms with E-state index in [2.05, 4.69) is 62.2 Å². The molecular formula is C19H18N2. The summed E-state index contributed by atoms with van der Waals surface area (Å²) in [6.45, 7) is 6.26. The van der Waals surface area contributed by atoms with E-state index in [4.69, 9.17) is 4.98 Å². The molecule has 3 aromatic rings. The summed E-state index contributed by atoms with van der Waals surface area (Å²) in [6, 6.07) is 14.8. The Hall–Kier alpha value is -2.48. The van der Waals surface area contributed by atoms with Gasteiger partial charge in [-0.05, 0) is 44.0 Å². The molecule has 0 atom stereocenters. The first-order chi connectivity index (χ1) is 10.1. The summed E-state index contributed by atoms with van der Waals surface area (Å²) in [5, 5.41) is 0. The Labute approximate surface area is 125 Å². The zero-order chi connectivity index (χ0) is 14.8. The van der Waals surface area contributed by atoms with Crippen LogP contribution >= 0.6 is 0 Å². The van der Waals surface area contributed by atoms with Gasteiger partial charge in [-0.15, -0.1) is 0 Å². The van der Waals surface area contributed by atoms with E-state index in [9.17, 15) is 0 Å². The van der Waals surface area contributed by atoms with Crippen LogP contribution in [-0.4, -0.2) is 9.97 Å². The van der Waals surface area contributed by atoms with Crippen LogP contribution in [0.1, 0.15) is 16.8 Å². The van der Waals surface area contributed by atoms with Crippen molar-refractivity contribution < 1.29 is 0 Å². The molecule has 2 heterocycles. The van der Waals surface area contributed by atoms with Crippen LogP contribution in [0.5, 0.6) is 0 Å². The number of nitrogens with zero attached hydrogens (tertiary/aromatic N) is 2. The summed E-state index contributed by atoms with van der Waals surface area (Å²) in [6.07, 6.45) is 3.69. The second-order valence-electron chi connectivity index (χ2n) is 5.39. The van der Waals surface area contributed by atoms with Crippen molar-refractivity contribution in [3.8, 4) is 22.4 Å². The normalized spacial score (nSPS) is 10.6. The molecule has 0 saturated carbocycles. The molecule has 1 aromatic carbocycles. The zero-order valence-electron chi connectivity index (χ0n) is 12.6. The average Bonchev–Trinajstić information content (AvgIpc) is 2.47. The highest BCUT2D eigenvalue weighted by atomic mass is 14.7. The van der Waals surface area contributed by atoms with Crippen LogP contribution in [-0.2, 0) is 0 Å². The van der Waals surface area contributed by atoms with E-state index in [1.807, 2.05) is 18.5 Å². The van der Waals surface area contributed by atoms with E-state index in [1.54, 1.807) is 0 Å². The quantitative estimate of drug-likeness (QED) is 0.674. The fourth-order valence-corrected chi connectivity index (χ4v) is 2.56. The number of aryl methyl sites for hydroxylation is 3. The predicted molar refractivity (Wildman–Crippen MR) is 87.1 cm³/mol. The van der Waals surface area contributed by atoms with Gasteiger partial charge in [-0.2, -0.15) is 0 Å². The zero-order valence-corrected chi connectivity index (χ0v) is 12.6. The van der Waals surface area contributed by atoms with Gasteiger partial charge < -0.3 is 0 Å². The topological polar surface area (TPSA) is 25.8 Å². The number of pyridine rings is 2. The molecule has 0 spiro atoms. The van der Waals surface area contributed by atoms with Crippen LogP contribution < -0.4 is 0 Å². The Balaban J connectivity index is 2.07. The molecule has 0 unspecified atom stereocenters. The molecule has 0 bridgehead atoms. The number of hydrogen-bond acceptors (Lipinski definition) is 2. The molecule has 0 aliphatic heterocycles. The van der Waals surface area contributed by atoms with Crippen LogP contribution in [0.4, 0.5) is 0 Å². The van der Waals surface area contributed by atoms with Gasteiger partial charge in [-0.1, -0.05) is 35.9 Å². The Bertz CT molecular complexity index is 791. The Kier molecular flexibility index (Phi) is 3.53. The summed E-state index contributed by atoms with van der Waals surface area (Å²) in [5.74, 6) is 0. The molecule has 0 N–H and O–H groups in total. The van der Waals surface area contributed by atoms with Crippen LogP contribution in [0.3, 0.4) is 0 Å². The second kappa shape index (κ2) is 5.49. The maximum Gasteiger partial charge on any atom is 0.0723 e. The highest BCUT2D eigenvalue weighted by Crippen LogP contribution is 2.27. The smallest absolute Gasteiger partial charge is 0.0723 e. The minimum absolute atomic E-state index is 0.981. The Morgan fingerprint density at radius 1 is 0.857 bits per heavy atom. The minimum Gasteiger partial charge on any atom is -0.264 e. The van der Waals surface area contributed by atoms with Gasteiger partial charge in [0.25, 0.3) is 0 Å². The number of rotatable bonds is 2. The molecule has 2 nitrogen and oxygen atoms in total. The summed E-state index contributed by atoms with van der Waals surface area (Å²) >= 11 is 0. The van der Waals surface area contributed by atoms with Crippen LogP contribution in [0.15, 0.2) is 54.9 Å². The molecule has 0 radical (unpaired) electrons. The first-order valence-electron chi connectivity index (χ1n) is 7.11. The summed E-state index contributed by atoms with van der Waals surface area (Å²) in [4.78, 5) is 8.97. The molecule has 3 rings (SSSR count). The van der Waals surface area contributed by atoms with Gasteiger partial charge in [0.15, 0.2) is 0 Å². The first-order valence-corrected chi connectivity index (χ1v) is 7.11. The van der Waals surface area contributed by atoms with Gasteiger partial charge in [-0.3, -0.25) is 9.97 Å². The van der Waals surface area contributed by atoms with Gasteiger partial charge in [0.05, 0.1) is 5.69 Å². The maximum atomic E-state index is 4.77. The monoisotopic (exact) mass is 274 g/mol. The molecule has 0 fully saturated rings. The van der Waals surface area contributed by atoms with Crippen molar-refractivity contribution >= 4 is 0 Å². The highest BCUT2D eigenvalue weighted by molar-refractivity contribution is 5.70. The van der Waals surface area contributed by atoms with E-state index >= 15 is 0 Å². The molecule has 21 heavy (non-hydrogen) atoms. The molecule has 2 aromatic heterocycles. The van der Waals surface area contributed by atoms with Crippen molar-refractivity contribution in [1.82, 2.24) is 9.97 Å². The van der Waals surface area contributed by atoms with Gasteiger partial charge in [0, 0.05) is 29.2 Å². The SMILES string of the molecule is Cc1cccc(-c2ccc(-c3cnccc3C)nc2C)c1. The summed E-state index contributed by atoms with van der Waals surface area (Å²) < 4.78 is 0. The van der Waals surface area contributed by atoms with E-state index in [1.165, 1.54) is 22.3 Å². The summed E-state index contributed by atoms with van der Waals surface area (Å²) in [5.41, 5.74) is 7.98. The lowest BCUT2D eigenvalue weighted by atomic mass is 10.0. The maximum absolute atomic E-state index is 4.77. The molecule has 0 aliphatic rings. The van der Waals surface area contributed by atoms with Gasteiger partial charge in [0.1, 0.15) is 0 Å². The van der Waals surface area contributed by atoms with Crippen LogP contribution in [0.2, 0.25) is 0 Å². The van der Waals surface area contributed by atoms with E-state index < -0.39 is 0 Å². The second-order valence-corrected chi connectivity index (χ2v) is 5.39. The predicted octanol–water partition coefficient (Wildman–Crippen LogP) is 4.74. The standard InChI is InChI=1S/C19H18N2/c1-13-5-4-6-16(11-13)17-7-8-19(21-15(17)3)18-12-20-10-9-14(18)2/h4-12H,1-3H3. The van der Waals surface area contributed by atoms with Crippen molar-refractivity contribution in [2.45, 2.75) is 20.8 Å². The Morgan fingerprint density at radius 3 is 2.43 bits per heavy atom. The molecule has 0 saturated heterocycles. The number of benzene rings is 1. The third kappa shape index (κ3) is 2.70. The van der Waals surface area contributed by atoms with Gasteiger partial charge in [0.2, 0.25) is 0 Å². The number of hydrogen-bond donors (Lipinski definition) is 0. The third-order valence-corrected chi connectivity index (χ3v) is 3.73. The molecule has 2 heteroatoms. The fourth-order valence-electron chi connectivity index (χ4n) is 2.56. The average molecular weight is 274 g/mol. The van der Waals surface area contributed by atoms with Crippen molar-refractivity contribution in [2.75, 3.05) is 0 Å². The van der Waals surface area contributed by atoms with Crippen molar-refractivity contribution in [3.63, 3.8) is 0 Å². The lowest BCUT2D eigenvalue weighted by Crippen LogP contribution is -1.93. The minimum atomic E-state index is 0.981. The lowest BCUT2D eigenvalue weighted by Gasteiger charge is -2.10. The molecule has 0 aliphatic carbocycles. The Morgan fingerprint density at radius 2 is 1.71 bits per heavy atom. The molecular weight excluding hydrogens is 256 g/mol. The highest BCUT2D eigenvalue weighted by Gasteiger charge is 2.08. The van der Waals surface area contributed by atoms with Gasteiger partial charge >= 0.3 is 0 Å². The number of aromatic nitrogens is 2. The van der Waals surface area contributed by atoms with Crippen molar-refractivity contribution in [1.29, 1.82) is 0 Å². The van der Waals surface area contributed by atoms with E-state index in [0.717, 1.165) is 17.0 Å². The molecule has 104 valence electrons. The lowest BCUT2D eigenvalue weighted by molar-refractivity contribution is 1.18. The van der Waals surface area contributed by atoms with Crippen LogP contribution in [0, 0.1) is 20.8 Å². The van der Waals surface area contributed by atoms with Crippen LogP contribution in [0.25, 0.3) is 22.4 Å². The third-order valence-electron chi connectivity index (χ3n) is 3.73. The first kappa shape index (κ1) is 13.5. The van der Waals surface area contributed by atoms with Crippen molar-refractivity contribution in [3.05, 3.63) is 71.7 Å².